The molecule has 1 fully saturated rings. The smallest absolute Gasteiger partial charge is 0.241 e. The van der Waals surface area contributed by atoms with Crippen LogP contribution in [-0.4, -0.2) is 51.4 Å². The van der Waals surface area contributed by atoms with Gasteiger partial charge in [0.1, 0.15) is 0 Å². The molecule has 0 aromatic heterocycles. The van der Waals surface area contributed by atoms with Crippen LogP contribution in [0, 0.1) is 34.6 Å². The van der Waals surface area contributed by atoms with Crippen molar-refractivity contribution in [3.05, 3.63) is 27.8 Å². The molecule has 7 heteroatoms. The molecule has 1 amide bonds. The monoisotopic (exact) mass is 437 g/mol. The van der Waals surface area contributed by atoms with Crippen molar-refractivity contribution in [2.24, 2.45) is 0 Å². The molecule has 0 unspecified atom stereocenters. The number of likely N-dealkylation sites (tertiary alicyclic amines) is 1. The van der Waals surface area contributed by atoms with Gasteiger partial charge in [0, 0.05) is 32.1 Å². The van der Waals surface area contributed by atoms with Crippen LogP contribution in [0.5, 0.6) is 0 Å². The van der Waals surface area contributed by atoms with Crippen molar-refractivity contribution in [2.45, 2.75) is 84.6 Å². The summed E-state index contributed by atoms with van der Waals surface area (Å²) in [5, 5.41) is 3.07. The molecule has 2 rings (SSSR count). The summed E-state index contributed by atoms with van der Waals surface area (Å²) in [7, 11) is -3.66. The summed E-state index contributed by atoms with van der Waals surface area (Å²) in [6.45, 7) is 15.1. The Morgan fingerprint density at radius 2 is 1.50 bits per heavy atom. The SMILES string of the molecule is CCCCN1CCC(NC(=O)CCNS(=O)(=O)c2c(C)c(C)c(C)c(C)c2C)CC1. The van der Waals surface area contributed by atoms with E-state index in [1.807, 2.05) is 34.6 Å². The summed E-state index contributed by atoms with van der Waals surface area (Å²) in [6.07, 6.45) is 4.49. The van der Waals surface area contributed by atoms with E-state index < -0.39 is 10.0 Å². The number of nitrogens with one attached hydrogen (secondary N) is 2. The number of unbranched alkanes of at least 4 members (excludes halogenated alkanes) is 1. The van der Waals surface area contributed by atoms with Crippen molar-refractivity contribution in [1.29, 1.82) is 0 Å². The zero-order valence-electron chi connectivity index (χ0n) is 19.5. The van der Waals surface area contributed by atoms with Crippen LogP contribution in [0.15, 0.2) is 4.90 Å². The van der Waals surface area contributed by atoms with Gasteiger partial charge in [-0.1, -0.05) is 13.3 Å². The van der Waals surface area contributed by atoms with Crippen LogP contribution in [0.2, 0.25) is 0 Å². The maximum Gasteiger partial charge on any atom is 0.241 e. The van der Waals surface area contributed by atoms with E-state index in [-0.39, 0.29) is 24.9 Å². The fraction of sp³-hybridized carbons (Fsp3) is 0.696. The van der Waals surface area contributed by atoms with Crippen LogP contribution >= 0.6 is 0 Å². The molecule has 0 aliphatic carbocycles. The van der Waals surface area contributed by atoms with Crippen molar-refractivity contribution in [3.63, 3.8) is 0 Å². The second-order valence-electron chi connectivity index (χ2n) is 8.64. The molecule has 0 radical (unpaired) electrons. The highest BCUT2D eigenvalue weighted by Crippen LogP contribution is 2.29. The zero-order chi connectivity index (χ0) is 22.5. The Kier molecular flexibility index (Phi) is 8.88. The molecule has 30 heavy (non-hydrogen) atoms. The molecule has 1 heterocycles. The predicted molar refractivity (Wildman–Crippen MR) is 122 cm³/mol. The number of amides is 1. The normalized spacial score (nSPS) is 16.1. The molecule has 170 valence electrons. The van der Waals surface area contributed by atoms with Gasteiger partial charge in [-0.05, 0) is 88.2 Å². The Bertz CT molecular complexity index is 828. The van der Waals surface area contributed by atoms with E-state index in [9.17, 15) is 13.2 Å². The second-order valence-corrected chi connectivity index (χ2v) is 10.3. The van der Waals surface area contributed by atoms with Gasteiger partial charge in [-0.2, -0.15) is 0 Å². The third-order valence-corrected chi connectivity index (χ3v) is 8.36. The van der Waals surface area contributed by atoms with Crippen LogP contribution in [0.1, 0.15) is 66.8 Å². The van der Waals surface area contributed by atoms with Gasteiger partial charge in [0.2, 0.25) is 15.9 Å². The van der Waals surface area contributed by atoms with E-state index in [4.69, 9.17) is 0 Å². The minimum Gasteiger partial charge on any atom is -0.353 e. The van der Waals surface area contributed by atoms with Crippen LogP contribution in [0.25, 0.3) is 0 Å². The Labute approximate surface area is 182 Å². The second kappa shape index (κ2) is 10.7. The van der Waals surface area contributed by atoms with E-state index in [2.05, 4.69) is 21.9 Å². The fourth-order valence-corrected chi connectivity index (χ4v) is 5.85. The first-order valence-electron chi connectivity index (χ1n) is 11.2. The molecule has 0 bridgehead atoms. The van der Waals surface area contributed by atoms with E-state index in [0.29, 0.717) is 4.90 Å². The molecule has 1 aromatic rings. The molecule has 0 atom stereocenters. The van der Waals surface area contributed by atoms with Crippen molar-refractivity contribution in [3.8, 4) is 0 Å². The molecular formula is C23H39N3O3S. The summed E-state index contributed by atoms with van der Waals surface area (Å²) >= 11 is 0. The first-order chi connectivity index (χ1) is 14.1. The minimum absolute atomic E-state index is 0.0885. The largest absolute Gasteiger partial charge is 0.353 e. The summed E-state index contributed by atoms with van der Waals surface area (Å²) < 4.78 is 28.5. The lowest BCUT2D eigenvalue weighted by Gasteiger charge is -2.32. The molecule has 1 aromatic carbocycles. The van der Waals surface area contributed by atoms with E-state index in [1.54, 1.807) is 0 Å². The van der Waals surface area contributed by atoms with Crippen LogP contribution in [0.3, 0.4) is 0 Å². The first kappa shape index (κ1) is 24.8. The number of hydrogen-bond acceptors (Lipinski definition) is 4. The minimum atomic E-state index is -3.66. The van der Waals surface area contributed by atoms with E-state index in [1.165, 1.54) is 12.8 Å². The molecule has 1 saturated heterocycles. The zero-order valence-corrected chi connectivity index (χ0v) is 20.3. The lowest BCUT2D eigenvalue weighted by atomic mass is 9.95. The van der Waals surface area contributed by atoms with Crippen molar-refractivity contribution < 1.29 is 13.2 Å². The summed E-state index contributed by atoms with van der Waals surface area (Å²) in [5.74, 6) is -0.0885. The highest BCUT2D eigenvalue weighted by molar-refractivity contribution is 7.89. The van der Waals surface area contributed by atoms with Gasteiger partial charge in [0.05, 0.1) is 4.90 Å². The standard InChI is InChI=1S/C23H39N3O3S/c1-7-8-13-26-14-10-21(11-15-26)25-22(27)9-12-24-30(28,29)23-19(5)17(3)16(2)18(4)20(23)6/h21,24H,7-15H2,1-6H3,(H,25,27). The van der Waals surface area contributed by atoms with Crippen LogP contribution in [0.4, 0.5) is 0 Å². The van der Waals surface area contributed by atoms with Crippen molar-refractivity contribution in [2.75, 3.05) is 26.2 Å². The average molecular weight is 438 g/mol. The van der Waals surface area contributed by atoms with Gasteiger partial charge in [0.15, 0.2) is 0 Å². The quantitative estimate of drug-likeness (QED) is 0.621. The van der Waals surface area contributed by atoms with E-state index in [0.717, 1.165) is 60.3 Å². The first-order valence-corrected chi connectivity index (χ1v) is 12.6. The van der Waals surface area contributed by atoms with Gasteiger partial charge >= 0.3 is 0 Å². The molecule has 0 spiro atoms. The molecule has 6 nitrogen and oxygen atoms in total. The summed E-state index contributed by atoms with van der Waals surface area (Å²) in [4.78, 5) is 15.1. The Morgan fingerprint density at radius 3 is 2.03 bits per heavy atom. The lowest BCUT2D eigenvalue weighted by Crippen LogP contribution is -2.45. The van der Waals surface area contributed by atoms with Gasteiger partial charge in [0.25, 0.3) is 0 Å². The Balaban J connectivity index is 1.87. The number of carbonyl (C=O) groups is 1. The summed E-state index contributed by atoms with van der Waals surface area (Å²) in [5.41, 5.74) is 4.69. The number of rotatable bonds is 9. The molecule has 0 saturated carbocycles. The number of benzene rings is 1. The number of nitrogens with zero attached hydrogens (tertiary/aromatic N) is 1. The molecular weight excluding hydrogens is 398 g/mol. The lowest BCUT2D eigenvalue weighted by molar-refractivity contribution is -0.121. The topological polar surface area (TPSA) is 78.5 Å². The number of hydrogen-bond donors (Lipinski definition) is 2. The number of piperidine rings is 1. The average Bonchev–Trinajstić information content (AvgIpc) is 2.70. The third kappa shape index (κ3) is 6.05. The van der Waals surface area contributed by atoms with Gasteiger partial charge < -0.3 is 10.2 Å². The Morgan fingerprint density at radius 1 is 0.967 bits per heavy atom. The molecule has 1 aliphatic rings. The van der Waals surface area contributed by atoms with Gasteiger partial charge in [-0.15, -0.1) is 0 Å². The van der Waals surface area contributed by atoms with Crippen LogP contribution < -0.4 is 10.0 Å². The maximum absolute atomic E-state index is 12.9. The van der Waals surface area contributed by atoms with Gasteiger partial charge in [-0.25, -0.2) is 13.1 Å². The molecule has 1 aliphatic heterocycles. The third-order valence-electron chi connectivity index (χ3n) is 6.62. The highest BCUT2D eigenvalue weighted by Gasteiger charge is 2.24. The highest BCUT2D eigenvalue weighted by atomic mass is 32.2. The number of carbonyl (C=O) groups excluding carboxylic acids is 1. The Hall–Kier alpha value is -1.44. The van der Waals surface area contributed by atoms with Crippen molar-refractivity contribution >= 4 is 15.9 Å². The van der Waals surface area contributed by atoms with Crippen molar-refractivity contribution in [1.82, 2.24) is 14.9 Å². The van der Waals surface area contributed by atoms with Gasteiger partial charge in [-0.3, -0.25) is 4.79 Å². The predicted octanol–water partition coefficient (Wildman–Crippen LogP) is 3.28. The maximum atomic E-state index is 12.9. The fourth-order valence-electron chi connectivity index (χ4n) is 4.22. The molecule has 2 N–H and O–H groups in total. The van der Waals surface area contributed by atoms with E-state index >= 15 is 0 Å². The summed E-state index contributed by atoms with van der Waals surface area (Å²) in [6, 6.07) is 0.193. The van der Waals surface area contributed by atoms with Crippen LogP contribution in [-0.2, 0) is 14.8 Å². The number of sulfonamides is 1.